The summed E-state index contributed by atoms with van der Waals surface area (Å²) >= 11 is 1.30. The molecule has 0 unspecified atom stereocenters. The van der Waals surface area contributed by atoms with Crippen molar-refractivity contribution in [1.82, 2.24) is 4.98 Å². The summed E-state index contributed by atoms with van der Waals surface area (Å²) in [6.45, 7) is 2.08. The number of anilines is 1. The Morgan fingerprint density at radius 2 is 2.43 bits per heavy atom. The molecule has 7 heteroatoms. The first-order valence-corrected chi connectivity index (χ1v) is 7.66. The van der Waals surface area contributed by atoms with Gasteiger partial charge in [-0.05, 0) is 13.0 Å². The number of aromatic nitrogens is 1. The molecular weight excluding hydrogens is 317 g/mol. The lowest BCUT2D eigenvalue weighted by atomic mass is 10.1. The summed E-state index contributed by atoms with van der Waals surface area (Å²) in [5.41, 5.74) is 3.96. The molecule has 0 spiro atoms. The number of carbonyl (C=O) groups excluding carboxylic acids is 1. The zero-order chi connectivity index (χ0) is 16.7. The fraction of sp³-hybridized carbons (Fsp3) is 0.188. The zero-order valence-corrected chi connectivity index (χ0v) is 13.2. The number of rotatable bonds is 6. The topological polar surface area (TPSA) is 63.6 Å². The third kappa shape index (κ3) is 4.63. The van der Waals surface area contributed by atoms with Crippen LogP contribution in [0.25, 0.3) is 0 Å². The van der Waals surface area contributed by atoms with Gasteiger partial charge >= 0.3 is 5.97 Å². The smallest absolute Gasteiger partial charge is 0.311 e. The molecule has 2 rings (SSSR count). The van der Waals surface area contributed by atoms with E-state index < -0.39 is 5.82 Å². The van der Waals surface area contributed by atoms with Crippen LogP contribution in [0.2, 0.25) is 0 Å². The van der Waals surface area contributed by atoms with Crippen LogP contribution in [-0.4, -0.2) is 23.8 Å². The Labute approximate surface area is 137 Å². The van der Waals surface area contributed by atoms with Crippen LogP contribution in [0.15, 0.2) is 28.7 Å². The van der Waals surface area contributed by atoms with Crippen LogP contribution in [-0.2, 0) is 16.0 Å². The lowest BCUT2D eigenvalue weighted by molar-refractivity contribution is -0.142. The molecule has 0 saturated carbocycles. The number of hydrogen-bond acceptors (Lipinski definition) is 6. The van der Waals surface area contributed by atoms with Crippen molar-refractivity contribution in [2.24, 2.45) is 5.10 Å². The summed E-state index contributed by atoms with van der Waals surface area (Å²) in [6, 6.07) is 4.51. The van der Waals surface area contributed by atoms with Gasteiger partial charge in [-0.2, -0.15) is 5.10 Å². The minimum Gasteiger partial charge on any atom is -0.466 e. The van der Waals surface area contributed by atoms with E-state index in [0.29, 0.717) is 23.0 Å². The Kier molecular flexibility index (Phi) is 5.83. The maximum atomic E-state index is 13.5. The maximum absolute atomic E-state index is 13.5. The maximum Gasteiger partial charge on any atom is 0.311 e. The Morgan fingerprint density at radius 1 is 1.61 bits per heavy atom. The van der Waals surface area contributed by atoms with Gasteiger partial charge in [0.25, 0.3) is 0 Å². The molecule has 118 valence electrons. The molecule has 0 aliphatic carbocycles. The average molecular weight is 331 g/mol. The second-order valence-corrected chi connectivity index (χ2v) is 5.20. The molecule has 0 saturated heterocycles. The van der Waals surface area contributed by atoms with Crippen LogP contribution in [0, 0.1) is 18.2 Å². The predicted octanol–water partition coefficient (Wildman–Crippen LogP) is 2.82. The van der Waals surface area contributed by atoms with Gasteiger partial charge in [-0.25, -0.2) is 9.37 Å². The van der Waals surface area contributed by atoms with Gasteiger partial charge in [-0.15, -0.1) is 17.8 Å². The Bertz CT molecular complexity index is 765. The molecule has 1 N–H and O–H groups in total. The van der Waals surface area contributed by atoms with E-state index in [1.54, 1.807) is 24.4 Å². The van der Waals surface area contributed by atoms with E-state index in [2.05, 4.69) is 21.4 Å². The molecule has 0 aliphatic heterocycles. The van der Waals surface area contributed by atoms with E-state index in [1.165, 1.54) is 23.6 Å². The molecule has 0 amide bonds. The molecular formula is C16H14FN3O2S. The number of thiazole rings is 1. The van der Waals surface area contributed by atoms with E-state index in [9.17, 15) is 9.18 Å². The molecule has 0 aliphatic rings. The first-order chi connectivity index (χ1) is 11.1. The average Bonchev–Trinajstić information content (AvgIpc) is 2.95. The molecule has 1 heterocycles. The molecule has 5 nitrogen and oxygen atoms in total. The molecule has 2 aromatic rings. The van der Waals surface area contributed by atoms with E-state index in [1.807, 2.05) is 0 Å². The number of ether oxygens (including phenoxy) is 1. The third-order valence-corrected chi connectivity index (χ3v) is 3.53. The molecule has 0 bridgehead atoms. The van der Waals surface area contributed by atoms with E-state index >= 15 is 0 Å². The normalized spacial score (nSPS) is 10.5. The van der Waals surface area contributed by atoms with Crippen LogP contribution in [0.3, 0.4) is 0 Å². The van der Waals surface area contributed by atoms with Crippen molar-refractivity contribution in [3.8, 4) is 12.3 Å². The number of hydrogen-bond donors (Lipinski definition) is 1. The van der Waals surface area contributed by atoms with Crippen molar-refractivity contribution in [3.05, 3.63) is 46.2 Å². The number of benzene rings is 1. The van der Waals surface area contributed by atoms with Crippen LogP contribution in [0.4, 0.5) is 9.52 Å². The Hall–Kier alpha value is -2.72. The first kappa shape index (κ1) is 16.6. The van der Waals surface area contributed by atoms with Crippen LogP contribution in [0.5, 0.6) is 0 Å². The van der Waals surface area contributed by atoms with Crippen molar-refractivity contribution in [3.63, 3.8) is 0 Å². The van der Waals surface area contributed by atoms with Gasteiger partial charge in [0.05, 0.1) is 30.5 Å². The summed E-state index contributed by atoms with van der Waals surface area (Å²) in [4.78, 5) is 15.6. The molecule has 1 aromatic carbocycles. The van der Waals surface area contributed by atoms with E-state index in [-0.39, 0.29) is 18.0 Å². The lowest BCUT2D eigenvalue weighted by Gasteiger charge is -2.00. The second-order valence-electron chi connectivity index (χ2n) is 4.34. The van der Waals surface area contributed by atoms with Gasteiger partial charge in [0.1, 0.15) is 5.82 Å². The molecule has 23 heavy (non-hydrogen) atoms. The highest BCUT2D eigenvalue weighted by molar-refractivity contribution is 7.13. The summed E-state index contributed by atoms with van der Waals surface area (Å²) in [5.74, 6) is 1.49. The van der Waals surface area contributed by atoms with Gasteiger partial charge in [-0.3, -0.25) is 10.2 Å². The standard InChI is InChI=1S/C16H14FN3O2S/c1-3-13-11(6-5-7-14(13)17)9-18-20-16-19-12(10-23-16)8-15(21)22-4-2/h1,5-7,9-10H,4,8H2,2H3,(H,19,20). The van der Waals surface area contributed by atoms with Crippen molar-refractivity contribution >= 4 is 28.7 Å². The van der Waals surface area contributed by atoms with Crippen molar-refractivity contribution < 1.29 is 13.9 Å². The quantitative estimate of drug-likeness (QED) is 0.383. The number of nitrogens with zero attached hydrogens (tertiary/aromatic N) is 2. The van der Waals surface area contributed by atoms with Gasteiger partial charge in [-0.1, -0.05) is 18.1 Å². The minimum atomic E-state index is -0.470. The third-order valence-electron chi connectivity index (χ3n) is 2.74. The van der Waals surface area contributed by atoms with Crippen molar-refractivity contribution in [2.45, 2.75) is 13.3 Å². The molecule has 0 atom stereocenters. The van der Waals surface area contributed by atoms with Gasteiger partial charge in [0.15, 0.2) is 0 Å². The number of halogens is 1. The first-order valence-electron chi connectivity index (χ1n) is 6.78. The number of terminal acetylenes is 1. The van der Waals surface area contributed by atoms with Gasteiger partial charge in [0, 0.05) is 10.9 Å². The van der Waals surface area contributed by atoms with Crippen molar-refractivity contribution in [1.29, 1.82) is 0 Å². The number of hydrazone groups is 1. The van der Waals surface area contributed by atoms with Crippen LogP contribution in [0.1, 0.15) is 23.7 Å². The minimum absolute atomic E-state index is 0.112. The monoisotopic (exact) mass is 331 g/mol. The Morgan fingerprint density at radius 3 is 3.17 bits per heavy atom. The zero-order valence-electron chi connectivity index (χ0n) is 12.4. The number of nitrogens with one attached hydrogen (secondary N) is 1. The van der Waals surface area contributed by atoms with Crippen LogP contribution >= 0.6 is 11.3 Å². The van der Waals surface area contributed by atoms with Gasteiger partial charge < -0.3 is 4.74 Å². The summed E-state index contributed by atoms with van der Waals surface area (Å²) in [5, 5.41) is 6.24. The molecule has 1 aromatic heterocycles. The van der Waals surface area contributed by atoms with E-state index in [4.69, 9.17) is 11.2 Å². The fourth-order valence-electron chi connectivity index (χ4n) is 1.76. The highest BCUT2D eigenvalue weighted by Gasteiger charge is 2.08. The summed E-state index contributed by atoms with van der Waals surface area (Å²) < 4.78 is 18.4. The highest BCUT2D eigenvalue weighted by Crippen LogP contribution is 2.16. The fourth-order valence-corrected chi connectivity index (χ4v) is 2.42. The lowest BCUT2D eigenvalue weighted by Crippen LogP contribution is -2.07. The largest absolute Gasteiger partial charge is 0.466 e. The number of esters is 1. The van der Waals surface area contributed by atoms with Crippen molar-refractivity contribution in [2.75, 3.05) is 12.0 Å². The number of carbonyl (C=O) groups is 1. The SMILES string of the molecule is C#Cc1c(F)cccc1C=NNc1nc(CC(=O)OCC)cs1. The highest BCUT2D eigenvalue weighted by atomic mass is 32.1. The van der Waals surface area contributed by atoms with Crippen LogP contribution < -0.4 is 5.43 Å². The predicted molar refractivity (Wildman–Crippen MR) is 88.0 cm³/mol. The summed E-state index contributed by atoms with van der Waals surface area (Å²) in [7, 11) is 0. The molecule has 0 radical (unpaired) electrons. The van der Waals surface area contributed by atoms with E-state index in [0.717, 1.165) is 0 Å². The second kappa shape index (κ2) is 8.06. The van der Waals surface area contributed by atoms with Gasteiger partial charge in [0.2, 0.25) is 5.13 Å². The summed E-state index contributed by atoms with van der Waals surface area (Å²) in [6.07, 6.45) is 6.82. The Balaban J connectivity index is 1.99. The molecule has 0 fully saturated rings.